The van der Waals surface area contributed by atoms with Crippen LogP contribution in [-0.2, 0) is 0 Å². The molecule has 0 spiro atoms. The second-order valence-corrected chi connectivity index (χ2v) is 4.56. The average molecular weight is 174 g/mol. The molecule has 0 fully saturated rings. The molecule has 0 aliphatic rings. The number of hydroxylamine groups is 3. The van der Waals surface area contributed by atoms with Crippen LogP contribution in [0.25, 0.3) is 0 Å². The fourth-order valence-corrected chi connectivity index (χ4v) is 1.73. The third-order valence-electron chi connectivity index (χ3n) is 3.40. The summed E-state index contributed by atoms with van der Waals surface area (Å²) in [6.45, 7) is 8.63. The first-order chi connectivity index (χ1) is 5.27. The third-order valence-corrected chi connectivity index (χ3v) is 3.40. The highest BCUT2D eigenvalue weighted by atomic mass is 16.5. The fourth-order valence-electron chi connectivity index (χ4n) is 1.73. The molecule has 2 nitrogen and oxygen atoms in total. The van der Waals surface area contributed by atoms with Gasteiger partial charge in [-0.05, 0) is 26.7 Å². The van der Waals surface area contributed by atoms with Crippen molar-refractivity contribution in [1.29, 1.82) is 0 Å². The van der Waals surface area contributed by atoms with Gasteiger partial charge in [-0.1, -0.05) is 13.8 Å². The quantitative estimate of drug-likeness (QED) is 0.513. The highest BCUT2D eigenvalue weighted by Crippen LogP contribution is 2.31. The molecule has 0 saturated heterocycles. The summed E-state index contributed by atoms with van der Waals surface area (Å²) in [6, 6.07) is 0. The van der Waals surface area contributed by atoms with Crippen LogP contribution in [0.1, 0.15) is 40.5 Å². The minimum atomic E-state index is -0.0521. The average Bonchev–Trinajstić information content (AvgIpc) is 1.87. The van der Waals surface area contributed by atoms with Crippen molar-refractivity contribution in [2.45, 2.75) is 46.1 Å². The maximum absolute atomic E-state index is 9.92. The van der Waals surface area contributed by atoms with Gasteiger partial charge in [0, 0.05) is 5.92 Å². The molecule has 0 amide bonds. The summed E-state index contributed by atoms with van der Waals surface area (Å²) in [7, 11) is 3.69. The van der Waals surface area contributed by atoms with Crippen molar-refractivity contribution in [2.75, 3.05) is 14.1 Å². The second kappa shape index (κ2) is 3.75. The van der Waals surface area contributed by atoms with Crippen LogP contribution in [-0.4, -0.2) is 29.5 Å². The van der Waals surface area contributed by atoms with Crippen molar-refractivity contribution in [3.8, 4) is 0 Å². The summed E-state index contributed by atoms with van der Waals surface area (Å²) in [5.41, 5.74) is -0.0521. The van der Waals surface area contributed by atoms with E-state index in [9.17, 15) is 5.21 Å². The van der Waals surface area contributed by atoms with Gasteiger partial charge in [0.25, 0.3) is 0 Å². The van der Waals surface area contributed by atoms with Gasteiger partial charge < -0.3 is 0 Å². The topological polar surface area (TPSA) is 20.2 Å². The van der Waals surface area contributed by atoms with Gasteiger partial charge in [-0.15, -0.1) is 0 Å². The van der Waals surface area contributed by atoms with Gasteiger partial charge in [0.2, 0.25) is 0 Å². The van der Waals surface area contributed by atoms with Crippen LogP contribution in [0, 0.1) is 5.92 Å². The molecule has 0 rings (SSSR count). The lowest BCUT2D eigenvalue weighted by molar-refractivity contribution is -1.11. The Morgan fingerprint density at radius 2 is 1.50 bits per heavy atom. The van der Waals surface area contributed by atoms with Crippen molar-refractivity contribution in [3.05, 3.63) is 0 Å². The van der Waals surface area contributed by atoms with Gasteiger partial charge in [0.15, 0.2) is 0 Å². The second-order valence-electron chi connectivity index (χ2n) is 4.56. The van der Waals surface area contributed by atoms with Crippen molar-refractivity contribution in [2.24, 2.45) is 5.92 Å². The maximum Gasteiger partial charge on any atom is 0.125 e. The Hall–Kier alpha value is -0.0800. The lowest BCUT2D eigenvalue weighted by atomic mass is 9.82. The molecule has 0 heterocycles. The monoisotopic (exact) mass is 174 g/mol. The molecule has 0 bridgehead atoms. The largest absolute Gasteiger partial charge is 0.217 e. The Kier molecular flexibility index (Phi) is 3.73. The van der Waals surface area contributed by atoms with Gasteiger partial charge in [0.05, 0.1) is 14.1 Å². The van der Waals surface area contributed by atoms with Crippen molar-refractivity contribution in [3.63, 3.8) is 0 Å². The SMILES string of the molecule is CCC(CC)C(C)(C)[N+](C)(C)O. The smallest absolute Gasteiger partial charge is 0.125 e. The number of nitrogens with zero attached hydrogens (tertiary/aromatic N) is 1. The van der Waals surface area contributed by atoms with Crippen LogP contribution in [0.3, 0.4) is 0 Å². The molecule has 0 aliphatic heterocycles. The lowest BCUT2D eigenvalue weighted by Gasteiger charge is -2.42. The summed E-state index contributed by atoms with van der Waals surface area (Å²) in [5.74, 6) is 0.581. The molecule has 0 unspecified atom stereocenters. The minimum Gasteiger partial charge on any atom is -0.217 e. The van der Waals surface area contributed by atoms with Crippen molar-refractivity contribution in [1.82, 2.24) is 0 Å². The standard InChI is InChI=1S/C10H24NO/c1-7-9(8-2)10(3,4)11(5,6)12/h9,12H,7-8H2,1-6H3/q+1. The molecule has 0 atom stereocenters. The molecule has 0 saturated carbocycles. The molecular formula is C10H24NO+. The highest BCUT2D eigenvalue weighted by Gasteiger charge is 2.41. The molecule has 1 N–H and O–H groups in total. The van der Waals surface area contributed by atoms with Crippen LogP contribution in [0.2, 0.25) is 0 Å². The molecule has 0 aromatic carbocycles. The van der Waals surface area contributed by atoms with E-state index in [0.717, 1.165) is 12.8 Å². The minimum absolute atomic E-state index is 0.0521. The molecule has 12 heavy (non-hydrogen) atoms. The van der Waals surface area contributed by atoms with Gasteiger partial charge in [0.1, 0.15) is 5.54 Å². The first kappa shape index (κ1) is 11.9. The predicted molar refractivity (Wildman–Crippen MR) is 52.0 cm³/mol. The van der Waals surface area contributed by atoms with Crippen molar-refractivity contribution < 1.29 is 9.85 Å². The number of hydrogen-bond acceptors (Lipinski definition) is 1. The Morgan fingerprint density at radius 1 is 1.17 bits per heavy atom. The van der Waals surface area contributed by atoms with E-state index >= 15 is 0 Å². The third kappa shape index (κ3) is 2.20. The van der Waals surface area contributed by atoms with E-state index in [1.807, 2.05) is 14.1 Å². The number of rotatable bonds is 4. The molecule has 2 heteroatoms. The summed E-state index contributed by atoms with van der Waals surface area (Å²) in [6.07, 6.45) is 2.26. The Balaban J connectivity index is 4.57. The van der Waals surface area contributed by atoms with Crippen LogP contribution >= 0.6 is 0 Å². The maximum atomic E-state index is 9.92. The Labute approximate surface area is 76.7 Å². The first-order valence-electron chi connectivity index (χ1n) is 4.84. The van der Waals surface area contributed by atoms with Gasteiger partial charge in [-0.25, -0.2) is 5.21 Å². The van der Waals surface area contributed by atoms with E-state index in [1.165, 1.54) is 0 Å². The predicted octanol–water partition coefficient (Wildman–Crippen LogP) is 2.67. The Morgan fingerprint density at radius 3 is 1.58 bits per heavy atom. The molecule has 0 aromatic heterocycles. The summed E-state index contributed by atoms with van der Waals surface area (Å²) >= 11 is 0. The molecule has 0 aliphatic carbocycles. The van der Waals surface area contributed by atoms with Crippen LogP contribution < -0.4 is 0 Å². The van der Waals surface area contributed by atoms with Crippen LogP contribution in [0.4, 0.5) is 0 Å². The fraction of sp³-hybridized carbons (Fsp3) is 1.00. The van der Waals surface area contributed by atoms with E-state index in [0.29, 0.717) is 5.92 Å². The van der Waals surface area contributed by atoms with E-state index in [4.69, 9.17) is 0 Å². The normalized spacial score (nSPS) is 14.0. The molecule has 0 aromatic rings. The van der Waals surface area contributed by atoms with E-state index in [2.05, 4.69) is 27.7 Å². The number of quaternary nitrogens is 1. The lowest BCUT2D eigenvalue weighted by Crippen LogP contribution is -2.57. The van der Waals surface area contributed by atoms with E-state index in [1.54, 1.807) is 0 Å². The van der Waals surface area contributed by atoms with Gasteiger partial charge in [-0.2, -0.15) is 4.65 Å². The molecular weight excluding hydrogens is 150 g/mol. The molecule has 0 radical (unpaired) electrons. The Bertz CT molecular complexity index is 131. The van der Waals surface area contributed by atoms with E-state index in [-0.39, 0.29) is 10.2 Å². The number of hydrogen-bond donors (Lipinski definition) is 1. The zero-order valence-electron chi connectivity index (χ0n) is 9.39. The molecule has 74 valence electrons. The van der Waals surface area contributed by atoms with E-state index < -0.39 is 0 Å². The zero-order chi connectivity index (χ0) is 9.99. The summed E-state index contributed by atoms with van der Waals surface area (Å²) in [5, 5.41) is 9.92. The summed E-state index contributed by atoms with van der Waals surface area (Å²) < 4.78 is 0.0549. The summed E-state index contributed by atoms with van der Waals surface area (Å²) in [4.78, 5) is 0. The van der Waals surface area contributed by atoms with Crippen LogP contribution in [0.15, 0.2) is 0 Å². The highest BCUT2D eigenvalue weighted by molar-refractivity contribution is 4.76. The van der Waals surface area contributed by atoms with Gasteiger partial charge in [-0.3, -0.25) is 0 Å². The van der Waals surface area contributed by atoms with Crippen LogP contribution in [0.5, 0.6) is 0 Å². The van der Waals surface area contributed by atoms with Crippen molar-refractivity contribution >= 4 is 0 Å². The van der Waals surface area contributed by atoms with Gasteiger partial charge >= 0.3 is 0 Å². The first-order valence-corrected chi connectivity index (χ1v) is 4.84. The zero-order valence-corrected chi connectivity index (χ0v) is 9.39.